The van der Waals surface area contributed by atoms with Crippen LogP contribution in [-0.2, 0) is 4.79 Å². The molecule has 2 aromatic rings. The summed E-state index contributed by atoms with van der Waals surface area (Å²) in [5.41, 5.74) is 3.20. The minimum atomic E-state index is -0.490. The Hall–Kier alpha value is -2.97. The van der Waals surface area contributed by atoms with E-state index in [-0.39, 0.29) is 11.7 Å². The van der Waals surface area contributed by atoms with Gasteiger partial charge in [0.2, 0.25) is 0 Å². The van der Waals surface area contributed by atoms with E-state index in [0.29, 0.717) is 27.8 Å². The summed E-state index contributed by atoms with van der Waals surface area (Å²) in [6.07, 6.45) is 2.26. The molecule has 0 aliphatic heterocycles. The largest absolute Gasteiger partial charge is 0.493 e. The molecular formula is C23H25ClN2O3. The molecule has 0 aliphatic carbocycles. The van der Waals surface area contributed by atoms with Gasteiger partial charge in [-0.1, -0.05) is 30.7 Å². The molecule has 0 bridgehead atoms. The van der Waals surface area contributed by atoms with Gasteiger partial charge in [0.15, 0.2) is 11.5 Å². The van der Waals surface area contributed by atoms with E-state index in [1.165, 1.54) is 13.2 Å². The lowest BCUT2D eigenvalue weighted by atomic mass is 10.1. The number of hydrogen-bond donors (Lipinski definition) is 1. The molecule has 0 aromatic heterocycles. The van der Waals surface area contributed by atoms with Gasteiger partial charge in [-0.3, -0.25) is 4.79 Å². The van der Waals surface area contributed by atoms with Gasteiger partial charge < -0.3 is 14.8 Å². The van der Waals surface area contributed by atoms with Crippen LogP contribution >= 0.6 is 11.6 Å². The summed E-state index contributed by atoms with van der Waals surface area (Å²) in [5.74, 6) is 0.395. The minimum Gasteiger partial charge on any atom is -0.493 e. The highest BCUT2D eigenvalue weighted by Gasteiger charge is 2.16. The highest BCUT2D eigenvalue weighted by atomic mass is 35.5. The topological polar surface area (TPSA) is 71.3 Å². The number of nitriles is 1. The van der Waals surface area contributed by atoms with E-state index in [2.05, 4.69) is 5.32 Å². The number of carbonyl (C=O) groups is 1. The van der Waals surface area contributed by atoms with Gasteiger partial charge in [0, 0.05) is 5.69 Å². The first kappa shape index (κ1) is 22.3. The van der Waals surface area contributed by atoms with E-state index >= 15 is 0 Å². The number of nitrogens with one attached hydrogen (secondary N) is 1. The van der Waals surface area contributed by atoms with Crippen molar-refractivity contribution in [1.82, 2.24) is 0 Å². The molecule has 29 heavy (non-hydrogen) atoms. The number of benzene rings is 2. The maximum absolute atomic E-state index is 12.6. The van der Waals surface area contributed by atoms with Crippen LogP contribution < -0.4 is 14.8 Å². The Morgan fingerprint density at radius 3 is 2.69 bits per heavy atom. The van der Waals surface area contributed by atoms with Crippen molar-refractivity contribution in [3.63, 3.8) is 0 Å². The molecule has 1 atom stereocenters. The van der Waals surface area contributed by atoms with E-state index in [4.69, 9.17) is 21.1 Å². The third-order valence-electron chi connectivity index (χ3n) is 4.67. The molecule has 0 spiro atoms. The molecule has 1 amide bonds. The normalized spacial score (nSPS) is 12.1. The summed E-state index contributed by atoms with van der Waals surface area (Å²) in [4.78, 5) is 12.6. The van der Waals surface area contributed by atoms with Crippen molar-refractivity contribution in [2.75, 3.05) is 12.4 Å². The van der Waals surface area contributed by atoms with Crippen molar-refractivity contribution in [2.45, 2.75) is 40.2 Å². The Morgan fingerprint density at radius 1 is 1.34 bits per heavy atom. The number of halogens is 1. The zero-order chi connectivity index (χ0) is 21.6. The molecule has 0 unspecified atom stereocenters. The zero-order valence-corrected chi connectivity index (χ0v) is 18.1. The Labute approximate surface area is 176 Å². The van der Waals surface area contributed by atoms with Gasteiger partial charge in [-0.2, -0.15) is 5.26 Å². The van der Waals surface area contributed by atoms with Crippen molar-refractivity contribution < 1.29 is 14.3 Å². The summed E-state index contributed by atoms with van der Waals surface area (Å²) in [5, 5.41) is 12.6. The fourth-order valence-corrected chi connectivity index (χ4v) is 2.88. The van der Waals surface area contributed by atoms with Crippen LogP contribution in [0.25, 0.3) is 6.08 Å². The summed E-state index contributed by atoms with van der Waals surface area (Å²) < 4.78 is 11.2. The number of methoxy groups -OCH3 is 1. The molecule has 0 saturated carbocycles. The van der Waals surface area contributed by atoms with Crippen LogP contribution in [0.1, 0.15) is 37.0 Å². The number of ether oxygens (including phenoxy) is 2. The third-order valence-corrected chi connectivity index (χ3v) is 4.96. The van der Waals surface area contributed by atoms with Gasteiger partial charge in [0.05, 0.1) is 18.2 Å². The lowest BCUT2D eigenvalue weighted by Gasteiger charge is -2.17. The quantitative estimate of drug-likeness (QED) is 0.468. The Kier molecular flexibility index (Phi) is 7.69. The van der Waals surface area contributed by atoms with Gasteiger partial charge in [-0.05, 0) is 68.2 Å². The number of aryl methyl sites for hydroxylation is 1. The standard InChI is InChI=1S/C23H25ClN2O3/c1-6-15(3)29-22-19(24)11-17(12-21(22)28-5)10-18(13-25)23(27)26-20-9-7-8-14(2)16(20)4/h7-12,15H,6H2,1-5H3,(H,26,27)/b18-10-/t15-/m0/s1. The molecule has 5 nitrogen and oxygen atoms in total. The van der Waals surface area contributed by atoms with E-state index < -0.39 is 5.91 Å². The van der Waals surface area contributed by atoms with E-state index in [9.17, 15) is 10.1 Å². The molecule has 0 aliphatic rings. The average molecular weight is 413 g/mol. The molecule has 1 N–H and O–H groups in total. The summed E-state index contributed by atoms with van der Waals surface area (Å²) in [7, 11) is 1.51. The number of carbonyl (C=O) groups excluding carboxylic acids is 1. The van der Waals surface area contributed by atoms with Gasteiger partial charge in [-0.15, -0.1) is 0 Å². The van der Waals surface area contributed by atoms with Crippen LogP contribution in [-0.4, -0.2) is 19.1 Å². The summed E-state index contributed by atoms with van der Waals surface area (Å²) in [6, 6.07) is 10.9. The highest BCUT2D eigenvalue weighted by Crippen LogP contribution is 2.38. The van der Waals surface area contributed by atoms with Crippen LogP contribution in [0.3, 0.4) is 0 Å². The van der Waals surface area contributed by atoms with Crippen molar-refractivity contribution in [2.24, 2.45) is 0 Å². The SMILES string of the molecule is CC[C@H](C)Oc1c(Cl)cc(/C=C(/C#N)C(=O)Nc2cccc(C)c2C)cc1OC. The fraction of sp³-hybridized carbons (Fsp3) is 0.304. The Balaban J connectivity index is 2.34. The predicted molar refractivity (Wildman–Crippen MR) is 117 cm³/mol. The van der Waals surface area contributed by atoms with Gasteiger partial charge >= 0.3 is 0 Å². The first-order chi connectivity index (χ1) is 13.8. The molecule has 0 heterocycles. The highest BCUT2D eigenvalue weighted by molar-refractivity contribution is 6.32. The number of hydrogen-bond acceptors (Lipinski definition) is 4. The Bertz CT molecular complexity index is 977. The lowest BCUT2D eigenvalue weighted by molar-refractivity contribution is -0.112. The molecule has 2 aromatic carbocycles. The summed E-state index contributed by atoms with van der Waals surface area (Å²) in [6.45, 7) is 7.83. The number of amides is 1. The van der Waals surface area contributed by atoms with Gasteiger partial charge in [0.25, 0.3) is 5.91 Å². The van der Waals surface area contributed by atoms with Gasteiger partial charge in [0.1, 0.15) is 11.6 Å². The number of rotatable bonds is 7. The van der Waals surface area contributed by atoms with E-state index in [1.54, 1.807) is 18.2 Å². The molecule has 2 rings (SSSR count). The minimum absolute atomic E-state index is 0.0270. The predicted octanol–water partition coefficient (Wildman–Crippen LogP) is 5.69. The van der Waals surface area contributed by atoms with Gasteiger partial charge in [-0.25, -0.2) is 0 Å². The molecule has 0 fully saturated rings. The van der Waals surface area contributed by atoms with Crippen LogP contribution in [0, 0.1) is 25.2 Å². The number of anilines is 1. The molecule has 0 radical (unpaired) electrons. The van der Waals surface area contributed by atoms with Crippen molar-refractivity contribution >= 4 is 29.3 Å². The van der Waals surface area contributed by atoms with E-state index in [0.717, 1.165) is 17.5 Å². The molecule has 152 valence electrons. The maximum Gasteiger partial charge on any atom is 0.266 e. The van der Waals surface area contributed by atoms with Crippen LogP contribution in [0.4, 0.5) is 5.69 Å². The third kappa shape index (κ3) is 5.52. The van der Waals surface area contributed by atoms with Crippen LogP contribution in [0.2, 0.25) is 5.02 Å². The second-order valence-corrected chi connectivity index (χ2v) is 7.15. The van der Waals surface area contributed by atoms with Crippen LogP contribution in [0.5, 0.6) is 11.5 Å². The summed E-state index contributed by atoms with van der Waals surface area (Å²) >= 11 is 6.37. The molecular weight excluding hydrogens is 388 g/mol. The monoisotopic (exact) mass is 412 g/mol. The zero-order valence-electron chi connectivity index (χ0n) is 17.3. The first-order valence-corrected chi connectivity index (χ1v) is 9.72. The first-order valence-electron chi connectivity index (χ1n) is 9.34. The average Bonchev–Trinajstić information content (AvgIpc) is 2.70. The number of nitrogens with zero attached hydrogens (tertiary/aromatic N) is 1. The second kappa shape index (κ2) is 9.99. The van der Waals surface area contributed by atoms with Crippen molar-refractivity contribution in [3.05, 3.63) is 57.6 Å². The smallest absolute Gasteiger partial charge is 0.266 e. The van der Waals surface area contributed by atoms with E-state index in [1.807, 2.05) is 45.9 Å². The molecule has 0 saturated heterocycles. The fourth-order valence-electron chi connectivity index (χ4n) is 2.61. The van der Waals surface area contributed by atoms with Crippen molar-refractivity contribution in [1.29, 1.82) is 5.26 Å². The maximum atomic E-state index is 12.6. The molecule has 6 heteroatoms. The second-order valence-electron chi connectivity index (χ2n) is 6.74. The van der Waals surface area contributed by atoms with Crippen LogP contribution in [0.15, 0.2) is 35.9 Å². The Morgan fingerprint density at radius 2 is 2.07 bits per heavy atom. The van der Waals surface area contributed by atoms with Crippen molar-refractivity contribution in [3.8, 4) is 17.6 Å². The lowest BCUT2D eigenvalue weighted by Crippen LogP contribution is -2.14.